The second-order valence-corrected chi connectivity index (χ2v) is 7.36. The van der Waals surface area contributed by atoms with E-state index in [1.807, 2.05) is 32.9 Å². The van der Waals surface area contributed by atoms with Gasteiger partial charge in [0.15, 0.2) is 23.0 Å². The van der Waals surface area contributed by atoms with Crippen molar-refractivity contribution in [3.05, 3.63) is 48.0 Å². The number of anilines is 1. The van der Waals surface area contributed by atoms with Crippen LogP contribution in [0.25, 0.3) is 6.08 Å². The quantitative estimate of drug-likeness (QED) is 0.437. The maximum absolute atomic E-state index is 12.5. The van der Waals surface area contributed by atoms with Gasteiger partial charge in [-0.25, -0.2) is 0 Å². The number of carbonyl (C=O) groups is 2. The summed E-state index contributed by atoms with van der Waals surface area (Å²) in [6.45, 7) is 7.27. The third-order valence-electron chi connectivity index (χ3n) is 4.65. The van der Waals surface area contributed by atoms with Crippen LogP contribution in [0.4, 0.5) is 5.69 Å². The molecule has 1 N–H and O–H groups in total. The topological polar surface area (TPSA) is 86.3 Å². The number of hydrogen-bond acceptors (Lipinski definition) is 6. The smallest absolute Gasteiger partial charge is 0.246 e. The minimum absolute atomic E-state index is 0.104. The van der Waals surface area contributed by atoms with Crippen molar-refractivity contribution in [3.63, 3.8) is 0 Å². The molecule has 2 aromatic rings. The summed E-state index contributed by atoms with van der Waals surface area (Å²) in [4.78, 5) is 26.3. The highest BCUT2D eigenvalue weighted by molar-refractivity contribution is 5.98. The van der Waals surface area contributed by atoms with E-state index in [0.717, 1.165) is 12.0 Å². The molecular formula is C26H34N2O6. The van der Waals surface area contributed by atoms with Crippen molar-refractivity contribution in [2.45, 2.75) is 27.2 Å². The third-order valence-corrected chi connectivity index (χ3v) is 4.65. The van der Waals surface area contributed by atoms with Crippen molar-refractivity contribution < 1.29 is 28.5 Å². The molecule has 2 amide bonds. The number of amides is 2. The van der Waals surface area contributed by atoms with E-state index in [0.29, 0.717) is 48.5 Å². The molecule has 2 rings (SSSR count). The van der Waals surface area contributed by atoms with Gasteiger partial charge < -0.3 is 29.2 Å². The normalized spacial score (nSPS) is 10.6. The van der Waals surface area contributed by atoms with Gasteiger partial charge in [0.2, 0.25) is 11.8 Å². The minimum atomic E-state index is -0.324. The lowest BCUT2D eigenvalue weighted by Crippen LogP contribution is -2.33. The van der Waals surface area contributed by atoms with Crippen LogP contribution in [0.15, 0.2) is 42.5 Å². The number of benzene rings is 2. The van der Waals surface area contributed by atoms with Gasteiger partial charge in [0, 0.05) is 24.9 Å². The summed E-state index contributed by atoms with van der Waals surface area (Å²) < 4.78 is 22.1. The molecule has 0 heterocycles. The Morgan fingerprint density at radius 3 is 2.26 bits per heavy atom. The van der Waals surface area contributed by atoms with Gasteiger partial charge in [-0.2, -0.15) is 0 Å². The van der Waals surface area contributed by atoms with Crippen molar-refractivity contribution in [3.8, 4) is 23.0 Å². The summed E-state index contributed by atoms with van der Waals surface area (Å²) in [5.41, 5.74) is 1.34. The molecule has 8 heteroatoms. The Morgan fingerprint density at radius 1 is 0.912 bits per heavy atom. The molecule has 0 atom stereocenters. The number of nitrogens with zero attached hydrogens (tertiary/aromatic N) is 1. The lowest BCUT2D eigenvalue weighted by molar-refractivity contribution is -0.129. The first-order valence-electron chi connectivity index (χ1n) is 11.3. The molecule has 0 unspecified atom stereocenters. The summed E-state index contributed by atoms with van der Waals surface area (Å²) in [6.07, 6.45) is 3.98. The summed E-state index contributed by atoms with van der Waals surface area (Å²) in [7, 11) is 3.14. The number of nitrogens with one attached hydrogen (secondary N) is 1. The average Bonchev–Trinajstić information content (AvgIpc) is 2.83. The third kappa shape index (κ3) is 8.03. The Balaban J connectivity index is 1.97. The lowest BCUT2D eigenvalue weighted by atomic mass is 10.2. The number of rotatable bonds is 13. The molecule has 8 nitrogen and oxygen atoms in total. The van der Waals surface area contributed by atoms with Crippen molar-refractivity contribution in [2.24, 2.45) is 0 Å². The van der Waals surface area contributed by atoms with Crippen LogP contribution in [0.2, 0.25) is 0 Å². The molecule has 2 aromatic carbocycles. The van der Waals surface area contributed by atoms with Crippen molar-refractivity contribution in [1.29, 1.82) is 0 Å². The first-order chi connectivity index (χ1) is 16.4. The van der Waals surface area contributed by atoms with Gasteiger partial charge in [-0.15, -0.1) is 0 Å². The lowest BCUT2D eigenvalue weighted by Gasteiger charge is -2.16. The number of carbonyl (C=O) groups excluding carboxylic acids is 2. The summed E-state index contributed by atoms with van der Waals surface area (Å²) in [5.74, 6) is 1.79. The molecule has 0 radical (unpaired) electrons. The fourth-order valence-corrected chi connectivity index (χ4v) is 3.04. The van der Waals surface area contributed by atoms with Gasteiger partial charge in [-0.1, -0.05) is 13.0 Å². The summed E-state index contributed by atoms with van der Waals surface area (Å²) in [5, 5.41) is 2.78. The predicted octanol–water partition coefficient (Wildman–Crippen LogP) is 4.39. The van der Waals surface area contributed by atoms with Crippen LogP contribution in [-0.4, -0.2) is 57.2 Å². The molecule has 0 saturated carbocycles. The number of methoxy groups -OCH3 is 1. The summed E-state index contributed by atoms with van der Waals surface area (Å²) >= 11 is 0. The molecule has 0 saturated heterocycles. The van der Waals surface area contributed by atoms with Gasteiger partial charge >= 0.3 is 0 Å². The molecule has 0 fully saturated rings. The number of ether oxygens (including phenoxy) is 4. The average molecular weight is 471 g/mol. The highest BCUT2D eigenvalue weighted by atomic mass is 16.5. The molecule has 0 bridgehead atoms. The SMILES string of the molecule is CCCOc1ccc(/C=C/C(=O)N(C)CC(=O)Nc2ccc(OCC)c(OCC)c2)cc1OC. The molecule has 34 heavy (non-hydrogen) atoms. The highest BCUT2D eigenvalue weighted by Crippen LogP contribution is 2.31. The molecular weight excluding hydrogens is 436 g/mol. The molecule has 0 aromatic heterocycles. The molecule has 0 spiro atoms. The van der Waals surface area contributed by atoms with Crippen molar-refractivity contribution in [2.75, 3.05) is 45.8 Å². The molecule has 0 aliphatic carbocycles. The maximum Gasteiger partial charge on any atom is 0.246 e. The summed E-state index contributed by atoms with van der Waals surface area (Å²) in [6, 6.07) is 10.6. The van der Waals surface area contributed by atoms with Gasteiger partial charge in [0.25, 0.3) is 0 Å². The Kier molecular flexibility index (Phi) is 10.8. The van der Waals surface area contributed by atoms with Crippen LogP contribution in [0.3, 0.4) is 0 Å². The molecule has 184 valence electrons. The number of hydrogen-bond donors (Lipinski definition) is 1. The zero-order chi connectivity index (χ0) is 24.9. The van der Waals surface area contributed by atoms with Gasteiger partial charge in [-0.05, 0) is 56.2 Å². The zero-order valence-electron chi connectivity index (χ0n) is 20.6. The Labute approximate surface area is 201 Å². The van der Waals surface area contributed by atoms with Crippen molar-refractivity contribution >= 4 is 23.6 Å². The highest BCUT2D eigenvalue weighted by Gasteiger charge is 2.13. The number of likely N-dealkylation sites (N-methyl/N-ethyl adjacent to an activating group) is 1. The Hall–Kier alpha value is -3.68. The van der Waals surface area contributed by atoms with E-state index in [2.05, 4.69) is 5.32 Å². The minimum Gasteiger partial charge on any atom is -0.493 e. The van der Waals surface area contributed by atoms with Gasteiger partial charge in [0.05, 0.1) is 33.5 Å². The molecule has 0 aliphatic rings. The van der Waals surface area contributed by atoms with E-state index in [1.54, 1.807) is 44.5 Å². The standard InChI is InChI=1S/C26H34N2O6/c1-6-15-34-21-12-9-19(16-23(21)31-5)10-14-26(30)28(4)18-25(29)27-20-11-13-22(32-7-2)24(17-20)33-8-3/h9-14,16-17H,6-8,15,18H2,1-5H3,(H,27,29)/b14-10+. The van der Waals surface area contributed by atoms with E-state index in [9.17, 15) is 9.59 Å². The van der Waals surface area contributed by atoms with Crippen LogP contribution >= 0.6 is 0 Å². The van der Waals surface area contributed by atoms with Crippen LogP contribution in [0, 0.1) is 0 Å². The van der Waals surface area contributed by atoms with Crippen LogP contribution < -0.4 is 24.3 Å². The van der Waals surface area contributed by atoms with E-state index < -0.39 is 0 Å². The largest absolute Gasteiger partial charge is 0.493 e. The van der Waals surface area contributed by atoms with Gasteiger partial charge in [0.1, 0.15) is 0 Å². The zero-order valence-corrected chi connectivity index (χ0v) is 20.6. The second-order valence-electron chi connectivity index (χ2n) is 7.36. The molecule has 0 aliphatic heterocycles. The van der Waals surface area contributed by atoms with Crippen molar-refractivity contribution in [1.82, 2.24) is 4.90 Å². The van der Waals surface area contributed by atoms with E-state index in [-0.39, 0.29) is 18.4 Å². The fraction of sp³-hybridized carbons (Fsp3) is 0.385. The van der Waals surface area contributed by atoms with E-state index in [1.165, 1.54) is 11.0 Å². The monoisotopic (exact) mass is 470 g/mol. The van der Waals surface area contributed by atoms with E-state index >= 15 is 0 Å². The fourth-order valence-electron chi connectivity index (χ4n) is 3.04. The second kappa shape index (κ2) is 13.8. The Bertz CT molecular complexity index is 989. The van der Waals surface area contributed by atoms with Crippen LogP contribution in [0.5, 0.6) is 23.0 Å². The Morgan fingerprint density at radius 2 is 1.59 bits per heavy atom. The maximum atomic E-state index is 12.5. The van der Waals surface area contributed by atoms with Crippen LogP contribution in [-0.2, 0) is 9.59 Å². The predicted molar refractivity (Wildman–Crippen MR) is 133 cm³/mol. The van der Waals surface area contributed by atoms with Gasteiger partial charge in [-0.3, -0.25) is 9.59 Å². The van der Waals surface area contributed by atoms with Crippen LogP contribution in [0.1, 0.15) is 32.8 Å². The first kappa shape index (κ1) is 26.6. The first-order valence-corrected chi connectivity index (χ1v) is 11.3. The van der Waals surface area contributed by atoms with E-state index in [4.69, 9.17) is 18.9 Å².